The van der Waals surface area contributed by atoms with Gasteiger partial charge in [0.2, 0.25) is 10.0 Å². The Balaban J connectivity index is 1.45. The van der Waals surface area contributed by atoms with Gasteiger partial charge in [-0.2, -0.15) is 4.31 Å². The normalized spacial score (nSPS) is 16.1. The van der Waals surface area contributed by atoms with Crippen molar-refractivity contribution in [1.82, 2.24) is 9.21 Å². The van der Waals surface area contributed by atoms with Crippen LogP contribution >= 0.6 is 0 Å². The quantitative estimate of drug-likeness (QED) is 0.695. The lowest BCUT2D eigenvalue weighted by Crippen LogP contribution is -2.49. The van der Waals surface area contributed by atoms with Crippen molar-refractivity contribution in [1.29, 1.82) is 0 Å². The SMILES string of the molecule is Cc1ccc(C(=O)OCCN2CCN(S(=O)(=O)c3ccc(C)cc3)CC2)cc1. The van der Waals surface area contributed by atoms with Crippen LogP contribution in [0, 0.1) is 13.8 Å². The molecule has 150 valence electrons. The highest BCUT2D eigenvalue weighted by atomic mass is 32.2. The molecule has 1 aliphatic heterocycles. The lowest BCUT2D eigenvalue weighted by atomic mass is 10.1. The van der Waals surface area contributed by atoms with Gasteiger partial charge in [-0.25, -0.2) is 13.2 Å². The van der Waals surface area contributed by atoms with E-state index in [0.717, 1.165) is 11.1 Å². The van der Waals surface area contributed by atoms with Crippen LogP contribution in [0.15, 0.2) is 53.4 Å². The monoisotopic (exact) mass is 402 g/mol. The van der Waals surface area contributed by atoms with Crippen molar-refractivity contribution in [2.45, 2.75) is 18.7 Å². The molecule has 0 aliphatic carbocycles. The Morgan fingerprint density at radius 1 is 0.893 bits per heavy atom. The fourth-order valence-corrected chi connectivity index (χ4v) is 4.52. The van der Waals surface area contributed by atoms with Crippen molar-refractivity contribution in [3.63, 3.8) is 0 Å². The molecule has 0 amide bonds. The fourth-order valence-electron chi connectivity index (χ4n) is 3.09. The molecule has 2 aromatic rings. The molecule has 7 heteroatoms. The fraction of sp³-hybridized carbons (Fsp3) is 0.381. The van der Waals surface area contributed by atoms with Crippen LogP contribution in [0.4, 0.5) is 0 Å². The summed E-state index contributed by atoms with van der Waals surface area (Å²) in [5.74, 6) is -0.333. The summed E-state index contributed by atoms with van der Waals surface area (Å²) in [6.45, 7) is 6.88. The molecule has 3 rings (SSSR count). The second kappa shape index (κ2) is 8.86. The van der Waals surface area contributed by atoms with Crippen LogP contribution in [-0.4, -0.2) is 62.9 Å². The molecule has 0 unspecified atom stereocenters. The summed E-state index contributed by atoms with van der Waals surface area (Å²) >= 11 is 0. The van der Waals surface area contributed by atoms with E-state index < -0.39 is 10.0 Å². The highest BCUT2D eigenvalue weighted by molar-refractivity contribution is 7.89. The lowest BCUT2D eigenvalue weighted by Gasteiger charge is -2.33. The molecular weight excluding hydrogens is 376 g/mol. The number of carbonyl (C=O) groups excluding carboxylic acids is 1. The Labute approximate surface area is 166 Å². The first-order chi connectivity index (χ1) is 13.4. The van der Waals surface area contributed by atoms with Crippen molar-refractivity contribution in [2.24, 2.45) is 0 Å². The molecule has 1 saturated heterocycles. The molecule has 1 heterocycles. The maximum atomic E-state index is 12.7. The second-order valence-electron chi connectivity index (χ2n) is 7.06. The number of rotatable bonds is 6. The predicted molar refractivity (Wildman–Crippen MR) is 108 cm³/mol. The van der Waals surface area contributed by atoms with E-state index in [1.807, 2.05) is 38.1 Å². The third-order valence-corrected chi connectivity index (χ3v) is 6.83. The Bertz CT molecular complexity index is 900. The van der Waals surface area contributed by atoms with Gasteiger partial charge in [0, 0.05) is 32.7 Å². The summed E-state index contributed by atoms with van der Waals surface area (Å²) in [5.41, 5.74) is 2.67. The number of benzene rings is 2. The minimum atomic E-state index is -3.45. The number of piperazine rings is 1. The maximum absolute atomic E-state index is 12.7. The smallest absolute Gasteiger partial charge is 0.338 e. The van der Waals surface area contributed by atoms with Gasteiger partial charge in [0.1, 0.15) is 6.61 Å². The molecule has 1 aliphatic rings. The molecule has 0 spiro atoms. The Hall–Kier alpha value is -2.22. The van der Waals surface area contributed by atoms with Gasteiger partial charge >= 0.3 is 5.97 Å². The summed E-state index contributed by atoms with van der Waals surface area (Å²) < 4.78 is 32.3. The first-order valence-electron chi connectivity index (χ1n) is 9.39. The number of esters is 1. The molecule has 0 saturated carbocycles. The van der Waals surface area contributed by atoms with Crippen LogP contribution in [0.1, 0.15) is 21.5 Å². The summed E-state index contributed by atoms with van der Waals surface area (Å²) in [5, 5.41) is 0. The van der Waals surface area contributed by atoms with Crippen molar-refractivity contribution < 1.29 is 17.9 Å². The van der Waals surface area contributed by atoms with Gasteiger partial charge < -0.3 is 4.74 Å². The number of carbonyl (C=O) groups is 1. The van der Waals surface area contributed by atoms with Crippen LogP contribution in [0.3, 0.4) is 0 Å². The van der Waals surface area contributed by atoms with E-state index in [2.05, 4.69) is 4.90 Å². The number of aryl methyl sites for hydroxylation is 2. The number of nitrogens with zero attached hydrogens (tertiary/aromatic N) is 2. The molecule has 1 fully saturated rings. The highest BCUT2D eigenvalue weighted by Gasteiger charge is 2.28. The molecule has 2 aromatic carbocycles. The summed E-state index contributed by atoms with van der Waals surface area (Å²) in [6, 6.07) is 14.2. The number of hydrogen-bond acceptors (Lipinski definition) is 5. The van der Waals surface area contributed by atoms with E-state index in [1.54, 1.807) is 24.3 Å². The topological polar surface area (TPSA) is 66.9 Å². The van der Waals surface area contributed by atoms with E-state index in [9.17, 15) is 13.2 Å². The van der Waals surface area contributed by atoms with Crippen molar-refractivity contribution in [3.8, 4) is 0 Å². The van der Waals surface area contributed by atoms with Crippen molar-refractivity contribution >= 4 is 16.0 Å². The largest absolute Gasteiger partial charge is 0.461 e. The standard InChI is InChI=1S/C21H26N2O4S/c1-17-3-7-19(8-4-17)21(24)27-16-15-22-11-13-23(14-12-22)28(25,26)20-9-5-18(2)6-10-20/h3-10H,11-16H2,1-2H3. The Kier molecular flexibility index (Phi) is 6.49. The Morgan fingerprint density at radius 2 is 1.43 bits per heavy atom. The van der Waals surface area contributed by atoms with E-state index in [0.29, 0.717) is 43.2 Å². The zero-order chi connectivity index (χ0) is 20.1. The van der Waals surface area contributed by atoms with Gasteiger partial charge in [-0.05, 0) is 38.1 Å². The molecule has 0 atom stereocenters. The zero-order valence-corrected chi connectivity index (χ0v) is 17.1. The minimum absolute atomic E-state index is 0.289. The predicted octanol–water partition coefficient (Wildman–Crippen LogP) is 2.47. The van der Waals surface area contributed by atoms with E-state index in [4.69, 9.17) is 4.74 Å². The van der Waals surface area contributed by atoms with Crippen LogP contribution in [0.2, 0.25) is 0 Å². The van der Waals surface area contributed by atoms with Gasteiger partial charge in [-0.15, -0.1) is 0 Å². The average molecular weight is 403 g/mol. The van der Waals surface area contributed by atoms with Gasteiger partial charge in [0.25, 0.3) is 0 Å². The minimum Gasteiger partial charge on any atom is -0.461 e. The van der Waals surface area contributed by atoms with Crippen molar-refractivity contribution in [3.05, 3.63) is 65.2 Å². The molecule has 0 N–H and O–H groups in total. The molecular formula is C21H26N2O4S. The maximum Gasteiger partial charge on any atom is 0.338 e. The van der Waals surface area contributed by atoms with Crippen LogP contribution in [-0.2, 0) is 14.8 Å². The summed E-state index contributed by atoms with van der Waals surface area (Å²) in [7, 11) is -3.45. The summed E-state index contributed by atoms with van der Waals surface area (Å²) in [4.78, 5) is 14.5. The molecule has 0 radical (unpaired) electrons. The Morgan fingerprint density at radius 3 is 2.00 bits per heavy atom. The summed E-state index contributed by atoms with van der Waals surface area (Å²) in [6.07, 6.45) is 0. The van der Waals surface area contributed by atoms with Crippen LogP contribution < -0.4 is 0 Å². The highest BCUT2D eigenvalue weighted by Crippen LogP contribution is 2.18. The van der Waals surface area contributed by atoms with Crippen LogP contribution in [0.5, 0.6) is 0 Å². The lowest BCUT2D eigenvalue weighted by molar-refractivity contribution is 0.0445. The second-order valence-corrected chi connectivity index (χ2v) is 9.00. The third-order valence-electron chi connectivity index (χ3n) is 4.92. The first-order valence-corrected chi connectivity index (χ1v) is 10.8. The van der Waals surface area contributed by atoms with Gasteiger partial charge in [0.05, 0.1) is 10.5 Å². The van der Waals surface area contributed by atoms with E-state index in [-0.39, 0.29) is 12.6 Å². The van der Waals surface area contributed by atoms with Gasteiger partial charge in [0.15, 0.2) is 0 Å². The van der Waals surface area contributed by atoms with Gasteiger partial charge in [-0.1, -0.05) is 35.4 Å². The molecule has 0 bridgehead atoms. The van der Waals surface area contributed by atoms with E-state index >= 15 is 0 Å². The molecule has 0 aromatic heterocycles. The van der Waals surface area contributed by atoms with E-state index in [1.165, 1.54) is 4.31 Å². The molecule has 6 nitrogen and oxygen atoms in total. The third kappa shape index (κ3) is 4.98. The van der Waals surface area contributed by atoms with Crippen molar-refractivity contribution in [2.75, 3.05) is 39.3 Å². The van der Waals surface area contributed by atoms with Crippen LogP contribution in [0.25, 0.3) is 0 Å². The zero-order valence-electron chi connectivity index (χ0n) is 16.3. The molecule has 28 heavy (non-hydrogen) atoms. The number of hydrogen-bond donors (Lipinski definition) is 0. The number of sulfonamides is 1. The average Bonchev–Trinajstić information content (AvgIpc) is 2.69. The number of ether oxygens (including phenoxy) is 1. The van der Waals surface area contributed by atoms with Gasteiger partial charge in [-0.3, -0.25) is 4.90 Å². The first kappa shape index (κ1) is 20.5.